The molecule has 0 saturated carbocycles. The Labute approximate surface area is 76.5 Å². The molecule has 0 fully saturated rings. The zero-order chi connectivity index (χ0) is 9.23. The lowest BCUT2D eigenvalue weighted by atomic mass is 10.1. The first-order valence-electron chi connectivity index (χ1n) is 5.16. The summed E-state index contributed by atoms with van der Waals surface area (Å²) in [5.41, 5.74) is 0. The van der Waals surface area contributed by atoms with Gasteiger partial charge in [-0.15, -0.1) is 0 Å². The minimum atomic E-state index is -0.226. The van der Waals surface area contributed by atoms with Crippen LogP contribution in [0, 0.1) is 0 Å². The quantitative estimate of drug-likeness (QED) is 0.459. The number of hydrogen-bond donors (Lipinski definition) is 1. The van der Waals surface area contributed by atoms with E-state index in [9.17, 15) is 5.11 Å². The maximum atomic E-state index is 9.17. The Morgan fingerprint density at radius 2 is 1.92 bits per heavy atom. The van der Waals surface area contributed by atoms with E-state index < -0.39 is 0 Å². The Kier molecular flexibility index (Phi) is 8.57. The highest BCUT2D eigenvalue weighted by atomic mass is 16.3. The molecule has 1 unspecified atom stereocenters. The predicted molar refractivity (Wildman–Crippen MR) is 54.2 cm³/mol. The van der Waals surface area contributed by atoms with Gasteiger partial charge in [0.2, 0.25) is 0 Å². The molecule has 0 amide bonds. The van der Waals surface area contributed by atoms with Gasteiger partial charge in [0.15, 0.2) is 0 Å². The third-order valence-corrected chi connectivity index (χ3v) is 2.00. The minimum Gasteiger partial charge on any atom is -0.389 e. The molecule has 1 N–H and O–H groups in total. The maximum Gasteiger partial charge on any atom is 0.0718 e. The lowest BCUT2D eigenvalue weighted by molar-refractivity contribution is 0.219. The number of aliphatic hydroxyl groups excluding tert-OH is 1. The van der Waals surface area contributed by atoms with Crippen LogP contribution in [-0.4, -0.2) is 11.2 Å². The zero-order valence-corrected chi connectivity index (χ0v) is 8.42. The van der Waals surface area contributed by atoms with Gasteiger partial charge < -0.3 is 5.11 Å². The van der Waals surface area contributed by atoms with Crippen LogP contribution in [0.5, 0.6) is 0 Å². The van der Waals surface area contributed by atoms with Crippen molar-refractivity contribution >= 4 is 0 Å². The minimum absolute atomic E-state index is 0.226. The fourth-order valence-electron chi connectivity index (χ4n) is 1.08. The number of aliphatic hydroxyl groups is 1. The molecule has 1 heteroatoms. The lowest BCUT2D eigenvalue weighted by Gasteiger charge is -1.98. The van der Waals surface area contributed by atoms with Gasteiger partial charge in [-0.1, -0.05) is 45.3 Å². The van der Waals surface area contributed by atoms with E-state index >= 15 is 0 Å². The molecular formula is C11H22O. The molecule has 12 heavy (non-hydrogen) atoms. The van der Waals surface area contributed by atoms with Crippen molar-refractivity contribution in [3.63, 3.8) is 0 Å². The van der Waals surface area contributed by atoms with Gasteiger partial charge in [0, 0.05) is 0 Å². The van der Waals surface area contributed by atoms with E-state index in [-0.39, 0.29) is 6.10 Å². The summed E-state index contributed by atoms with van der Waals surface area (Å²) in [7, 11) is 0. The molecule has 0 bridgehead atoms. The Balaban J connectivity index is 3.12. The van der Waals surface area contributed by atoms with Gasteiger partial charge in [0.25, 0.3) is 0 Å². The molecule has 0 aromatic rings. The van der Waals surface area contributed by atoms with Crippen LogP contribution in [0.3, 0.4) is 0 Å². The molecule has 0 aliphatic rings. The Bertz CT molecular complexity index is 108. The van der Waals surface area contributed by atoms with Crippen molar-refractivity contribution < 1.29 is 5.11 Å². The van der Waals surface area contributed by atoms with Crippen molar-refractivity contribution in [3.8, 4) is 0 Å². The summed E-state index contributed by atoms with van der Waals surface area (Å²) < 4.78 is 0. The van der Waals surface area contributed by atoms with E-state index in [2.05, 4.69) is 13.0 Å². The number of hydrogen-bond acceptors (Lipinski definition) is 1. The highest BCUT2D eigenvalue weighted by Gasteiger charge is 1.91. The number of rotatable bonds is 7. The SMILES string of the molecule is CCCCCC/C=C\C(O)CC. The van der Waals surface area contributed by atoms with Crippen LogP contribution < -0.4 is 0 Å². The van der Waals surface area contributed by atoms with E-state index in [1.165, 1.54) is 25.7 Å². The summed E-state index contributed by atoms with van der Waals surface area (Å²) >= 11 is 0. The average Bonchev–Trinajstić information content (AvgIpc) is 2.10. The summed E-state index contributed by atoms with van der Waals surface area (Å²) in [5.74, 6) is 0. The lowest BCUT2D eigenvalue weighted by Crippen LogP contribution is -1.97. The predicted octanol–water partition coefficient (Wildman–Crippen LogP) is 3.28. The zero-order valence-electron chi connectivity index (χ0n) is 8.42. The topological polar surface area (TPSA) is 20.2 Å². The molecule has 0 aromatic carbocycles. The van der Waals surface area contributed by atoms with Crippen molar-refractivity contribution in [2.45, 2.75) is 58.5 Å². The van der Waals surface area contributed by atoms with Crippen LogP contribution in [0.1, 0.15) is 52.4 Å². The van der Waals surface area contributed by atoms with Gasteiger partial charge >= 0.3 is 0 Å². The van der Waals surface area contributed by atoms with Gasteiger partial charge in [0.05, 0.1) is 6.10 Å². The van der Waals surface area contributed by atoms with Crippen molar-refractivity contribution in [2.24, 2.45) is 0 Å². The Hall–Kier alpha value is -0.300. The van der Waals surface area contributed by atoms with Gasteiger partial charge in [0.1, 0.15) is 0 Å². The molecule has 0 aromatic heterocycles. The van der Waals surface area contributed by atoms with Gasteiger partial charge in [-0.3, -0.25) is 0 Å². The maximum absolute atomic E-state index is 9.17. The van der Waals surface area contributed by atoms with Crippen molar-refractivity contribution in [3.05, 3.63) is 12.2 Å². The average molecular weight is 170 g/mol. The van der Waals surface area contributed by atoms with Crippen molar-refractivity contribution in [1.82, 2.24) is 0 Å². The highest BCUT2D eigenvalue weighted by molar-refractivity contribution is 4.87. The first-order valence-corrected chi connectivity index (χ1v) is 5.16. The third-order valence-electron chi connectivity index (χ3n) is 2.00. The van der Waals surface area contributed by atoms with Gasteiger partial charge in [-0.2, -0.15) is 0 Å². The Morgan fingerprint density at radius 1 is 1.17 bits per heavy atom. The summed E-state index contributed by atoms with van der Waals surface area (Å²) in [6.07, 6.45) is 10.9. The van der Waals surface area contributed by atoms with E-state index in [0.29, 0.717) is 0 Å². The molecule has 0 heterocycles. The molecular weight excluding hydrogens is 148 g/mol. The fourth-order valence-corrected chi connectivity index (χ4v) is 1.08. The first-order chi connectivity index (χ1) is 5.81. The molecule has 0 spiro atoms. The van der Waals surface area contributed by atoms with Crippen LogP contribution >= 0.6 is 0 Å². The smallest absolute Gasteiger partial charge is 0.0718 e. The van der Waals surface area contributed by atoms with E-state index in [4.69, 9.17) is 0 Å². The van der Waals surface area contributed by atoms with Crippen LogP contribution in [0.4, 0.5) is 0 Å². The third kappa shape index (κ3) is 7.80. The summed E-state index contributed by atoms with van der Waals surface area (Å²) in [4.78, 5) is 0. The van der Waals surface area contributed by atoms with E-state index in [1.54, 1.807) is 0 Å². The normalized spacial score (nSPS) is 13.9. The summed E-state index contributed by atoms with van der Waals surface area (Å²) in [6, 6.07) is 0. The molecule has 0 aliphatic carbocycles. The summed E-state index contributed by atoms with van der Waals surface area (Å²) in [5, 5.41) is 9.17. The van der Waals surface area contributed by atoms with E-state index in [0.717, 1.165) is 12.8 Å². The second-order valence-electron chi connectivity index (χ2n) is 3.25. The standard InChI is InChI=1S/C11H22O/c1-3-5-6-7-8-9-10-11(12)4-2/h9-12H,3-8H2,1-2H3/b10-9-. The monoisotopic (exact) mass is 170 g/mol. The molecule has 0 saturated heterocycles. The first kappa shape index (κ1) is 11.7. The van der Waals surface area contributed by atoms with E-state index in [1.807, 2.05) is 13.0 Å². The van der Waals surface area contributed by atoms with Crippen molar-refractivity contribution in [1.29, 1.82) is 0 Å². The summed E-state index contributed by atoms with van der Waals surface area (Å²) in [6.45, 7) is 4.21. The molecule has 1 nitrogen and oxygen atoms in total. The molecule has 72 valence electrons. The van der Waals surface area contributed by atoms with Crippen LogP contribution in [0.15, 0.2) is 12.2 Å². The number of allylic oxidation sites excluding steroid dienone is 1. The van der Waals surface area contributed by atoms with Crippen molar-refractivity contribution in [2.75, 3.05) is 0 Å². The second kappa shape index (κ2) is 8.79. The fraction of sp³-hybridized carbons (Fsp3) is 0.818. The molecule has 0 aliphatic heterocycles. The van der Waals surface area contributed by atoms with Crippen LogP contribution in [0.25, 0.3) is 0 Å². The Morgan fingerprint density at radius 3 is 2.50 bits per heavy atom. The number of unbranched alkanes of at least 4 members (excludes halogenated alkanes) is 4. The van der Waals surface area contributed by atoms with Crippen LogP contribution in [0.2, 0.25) is 0 Å². The molecule has 0 radical (unpaired) electrons. The molecule has 1 atom stereocenters. The van der Waals surface area contributed by atoms with Gasteiger partial charge in [-0.05, 0) is 19.3 Å². The molecule has 0 rings (SSSR count). The second-order valence-corrected chi connectivity index (χ2v) is 3.25. The van der Waals surface area contributed by atoms with Gasteiger partial charge in [-0.25, -0.2) is 0 Å². The largest absolute Gasteiger partial charge is 0.389 e. The highest BCUT2D eigenvalue weighted by Crippen LogP contribution is 2.03. The van der Waals surface area contributed by atoms with Crippen LogP contribution in [-0.2, 0) is 0 Å².